The van der Waals surface area contributed by atoms with Gasteiger partial charge in [-0.2, -0.15) is 0 Å². The van der Waals surface area contributed by atoms with Gasteiger partial charge in [-0.25, -0.2) is 8.42 Å². The van der Waals surface area contributed by atoms with Crippen LogP contribution in [0, 0.1) is 0 Å². The van der Waals surface area contributed by atoms with E-state index in [1.807, 2.05) is 0 Å². The normalized spacial score (nSPS) is 11.2. The summed E-state index contributed by atoms with van der Waals surface area (Å²) in [6, 6.07) is 19.7. The van der Waals surface area contributed by atoms with E-state index in [4.69, 9.17) is 23.2 Å². The number of carbonyl (C=O) groups is 1. The smallest absolute Gasteiger partial charge is 0.236 e. The number of sulfonamides is 1. The SMILES string of the molecule is O=C(c1ccccc1)c1cc(Cl)ccc1NS(=O)(=O)Cc1ccccc1Cl. The molecular weight excluding hydrogens is 405 g/mol. The second kappa shape index (κ2) is 8.13. The minimum atomic E-state index is -3.79. The van der Waals surface area contributed by atoms with Crippen molar-refractivity contribution >= 4 is 44.7 Å². The van der Waals surface area contributed by atoms with Crippen LogP contribution in [-0.4, -0.2) is 14.2 Å². The number of rotatable bonds is 6. The van der Waals surface area contributed by atoms with E-state index >= 15 is 0 Å². The summed E-state index contributed by atoms with van der Waals surface area (Å²) < 4.78 is 27.7. The Labute approximate surface area is 167 Å². The third-order valence-corrected chi connectivity index (χ3v) is 5.66. The number of anilines is 1. The standard InChI is InChI=1S/C20H15Cl2NO3S/c21-16-10-11-19(17(12-16)20(24)14-6-2-1-3-7-14)23-27(25,26)13-15-8-4-5-9-18(15)22/h1-12,23H,13H2. The van der Waals surface area contributed by atoms with Crippen LogP contribution in [0.1, 0.15) is 21.5 Å². The van der Waals surface area contributed by atoms with E-state index in [1.54, 1.807) is 54.6 Å². The lowest BCUT2D eigenvalue weighted by Gasteiger charge is -2.13. The Kier molecular flexibility index (Phi) is 5.85. The van der Waals surface area contributed by atoms with Gasteiger partial charge in [-0.3, -0.25) is 9.52 Å². The zero-order valence-corrected chi connectivity index (χ0v) is 16.4. The highest BCUT2D eigenvalue weighted by atomic mass is 35.5. The lowest BCUT2D eigenvalue weighted by Crippen LogP contribution is -2.17. The zero-order valence-electron chi connectivity index (χ0n) is 14.0. The molecule has 3 aromatic rings. The van der Waals surface area contributed by atoms with Crippen molar-refractivity contribution in [2.75, 3.05) is 4.72 Å². The fourth-order valence-electron chi connectivity index (χ4n) is 2.56. The monoisotopic (exact) mass is 419 g/mol. The van der Waals surface area contributed by atoms with Crippen molar-refractivity contribution in [2.45, 2.75) is 5.75 Å². The molecule has 3 aromatic carbocycles. The number of hydrogen-bond acceptors (Lipinski definition) is 3. The third kappa shape index (κ3) is 4.89. The summed E-state index contributed by atoms with van der Waals surface area (Å²) >= 11 is 12.1. The van der Waals surface area contributed by atoms with Crippen LogP contribution < -0.4 is 4.72 Å². The van der Waals surface area contributed by atoms with Gasteiger partial charge in [0, 0.05) is 21.2 Å². The molecule has 138 valence electrons. The average molecular weight is 420 g/mol. The first kappa shape index (κ1) is 19.4. The second-order valence-corrected chi connectivity index (χ2v) is 8.40. The number of halogens is 2. The molecule has 0 bridgehead atoms. The van der Waals surface area contributed by atoms with Gasteiger partial charge in [0.05, 0.1) is 11.4 Å². The van der Waals surface area contributed by atoms with Crippen LogP contribution in [0.15, 0.2) is 72.8 Å². The molecule has 0 radical (unpaired) electrons. The summed E-state index contributed by atoms with van der Waals surface area (Å²) in [6.07, 6.45) is 0. The summed E-state index contributed by atoms with van der Waals surface area (Å²) in [6.45, 7) is 0. The van der Waals surface area contributed by atoms with Crippen LogP contribution in [-0.2, 0) is 15.8 Å². The largest absolute Gasteiger partial charge is 0.289 e. The highest BCUT2D eigenvalue weighted by Crippen LogP contribution is 2.26. The van der Waals surface area contributed by atoms with E-state index in [1.165, 1.54) is 18.2 Å². The van der Waals surface area contributed by atoms with E-state index < -0.39 is 10.0 Å². The Balaban J connectivity index is 1.93. The summed E-state index contributed by atoms with van der Waals surface area (Å²) in [5, 5.41) is 0.697. The predicted octanol–water partition coefficient (Wildman–Crippen LogP) is 5.17. The lowest BCUT2D eigenvalue weighted by molar-refractivity contribution is 0.103. The molecule has 0 unspecified atom stereocenters. The number of carbonyl (C=O) groups excluding carboxylic acids is 1. The van der Waals surface area contributed by atoms with E-state index in [-0.39, 0.29) is 22.8 Å². The Morgan fingerprint density at radius 1 is 0.889 bits per heavy atom. The Morgan fingerprint density at radius 2 is 1.56 bits per heavy atom. The van der Waals surface area contributed by atoms with Crippen molar-refractivity contribution in [2.24, 2.45) is 0 Å². The molecule has 0 fully saturated rings. The van der Waals surface area contributed by atoms with Gasteiger partial charge in [0.2, 0.25) is 10.0 Å². The summed E-state index contributed by atoms with van der Waals surface area (Å²) in [5.74, 6) is -0.637. The molecule has 4 nitrogen and oxygen atoms in total. The van der Waals surface area contributed by atoms with Crippen LogP contribution in [0.5, 0.6) is 0 Å². The van der Waals surface area contributed by atoms with Gasteiger partial charge in [0.25, 0.3) is 0 Å². The van der Waals surface area contributed by atoms with Gasteiger partial charge in [0.15, 0.2) is 5.78 Å². The topological polar surface area (TPSA) is 63.2 Å². The third-order valence-electron chi connectivity index (χ3n) is 3.83. The van der Waals surface area contributed by atoms with Crippen LogP contribution in [0.3, 0.4) is 0 Å². The van der Waals surface area contributed by atoms with Gasteiger partial charge < -0.3 is 0 Å². The van der Waals surface area contributed by atoms with Gasteiger partial charge in [-0.15, -0.1) is 0 Å². The number of nitrogens with one attached hydrogen (secondary N) is 1. The van der Waals surface area contributed by atoms with Crippen molar-refractivity contribution in [1.82, 2.24) is 0 Å². The summed E-state index contributed by atoms with van der Waals surface area (Å²) in [7, 11) is -3.79. The van der Waals surface area contributed by atoms with E-state index in [0.717, 1.165) is 0 Å². The molecule has 3 rings (SSSR count). The molecule has 0 aliphatic heterocycles. The summed E-state index contributed by atoms with van der Waals surface area (Å²) in [5.41, 5.74) is 1.25. The molecule has 0 spiro atoms. The lowest BCUT2D eigenvalue weighted by atomic mass is 10.0. The van der Waals surface area contributed by atoms with Crippen LogP contribution in [0.25, 0.3) is 0 Å². The maximum absolute atomic E-state index is 12.8. The zero-order chi connectivity index (χ0) is 19.4. The Morgan fingerprint density at radius 3 is 2.26 bits per heavy atom. The molecule has 27 heavy (non-hydrogen) atoms. The highest BCUT2D eigenvalue weighted by Gasteiger charge is 2.19. The first-order valence-corrected chi connectivity index (χ1v) is 10.4. The van der Waals surface area contributed by atoms with Crippen molar-refractivity contribution in [3.63, 3.8) is 0 Å². The minimum absolute atomic E-state index is 0.167. The molecule has 0 aromatic heterocycles. The van der Waals surface area contributed by atoms with Crippen molar-refractivity contribution < 1.29 is 13.2 Å². The summed E-state index contributed by atoms with van der Waals surface area (Å²) in [4.78, 5) is 12.8. The van der Waals surface area contributed by atoms with Gasteiger partial charge in [-0.05, 0) is 29.8 Å². The molecule has 0 saturated heterocycles. The fraction of sp³-hybridized carbons (Fsp3) is 0.0500. The van der Waals surface area contributed by atoms with Crippen molar-refractivity contribution in [1.29, 1.82) is 0 Å². The van der Waals surface area contributed by atoms with Gasteiger partial charge in [-0.1, -0.05) is 71.7 Å². The van der Waals surface area contributed by atoms with E-state index in [0.29, 0.717) is 21.2 Å². The molecule has 0 amide bonds. The predicted molar refractivity (Wildman–Crippen MR) is 109 cm³/mol. The second-order valence-electron chi connectivity index (χ2n) is 5.84. The molecule has 1 N–H and O–H groups in total. The van der Waals surface area contributed by atoms with Crippen LogP contribution >= 0.6 is 23.2 Å². The van der Waals surface area contributed by atoms with Crippen molar-refractivity contribution in [3.05, 3.63) is 99.5 Å². The van der Waals surface area contributed by atoms with E-state index in [2.05, 4.69) is 4.72 Å². The maximum atomic E-state index is 12.8. The van der Waals surface area contributed by atoms with Crippen molar-refractivity contribution in [3.8, 4) is 0 Å². The van der Waals surface area contributed by atoms with Gasteiger partial charge >= 0.3 is 0 Å². The molecule has 0 atom stereocenters. The Bertz CT molecular complexity index is 1080. The minimum Gasteiger partial charge on any atom is -0.289 e. The average Bonchev–Trinajstić information content (AvgIpc) is 2.65. The number of ketones is 1. The van der Waals surface area contributed by atoms with E-state index in [9.17, 15) is 13.2 Å². The molecular formula is C20H15Cl2NO3S. The number of hydrogen-bond donors (Lipinski definition) is 1. The van der Waals surface area contributed by atoms with Gasteiger partial charge in [0.1, 0.15) is 0 Å². The van der Waals surface area contributed by atoms with Crippen LogP contribution in [0.4, 0.5) is 5.69 Å². The molecule has 7 heteroatoms. The highest BCUT2D eigenvalue weighted by molar-refractivity contribution is 7.91. The first-order chi connectivity index (χ1) is 12.9. The first-order valence-electron chi connectivity index (χ1n) is 7.99. The maximum Gasteiger partial charge on any atom is 0.236 e. The fourth-order valence-corrected chi connectivity index (χ4v) is 4.26. The molecule has 0 saturated carbocycles. The molecule has 0 heterocycles. The van der Waals surface area contributed by atoms with Crippen LogP contribution in [0.2, 0.25) is 10.0 Å². The molecule has 0 aliphatic carbocycles. The molecule has 0 aliphatic rings. The quantitative estimate of drug-likeness (QED) is 0.560. The Hall–Kier alpha value is -2.34. The number of benzene rings is 3.